The lowest BCUT2D eigenvalue weighted by molar-refractivity contribution is -0.132. The van der Waals surface area contributed by atoms with Gasteiger partial charge in [0.15, 0.2) is 5.13 Å². The number of nitrogens with zero attached hydrogens (tertiary/aromatic N) is 2. The normalized spacial score (nSPS) is 19.2. The molecule has 4 aromatic carbocycles. The molecule has 5 aromatic rings. The number of ether oxygens (including phenoxy) is 2. The number of Topliss-reactive ketones (excluding diaryl/α,β-unsaturated/α-hetero) is 1. The maximum atomic E-state index is 13.7. The average Bonchev–Trinajstić information content (AvgIpc) is 3.65. The van der Waals surface area contributed by atoms with Crippen LogP contribution in [0.25, 0.3) is 16.0 Å². The summed E-state index contributed by atoms with van der Waals surface area (Å²) in [5.74, 6) is 0.186. The van der Waals surface area contributed by atoms with E-state index in [4.69, 9.17) is 14.5 Å². The van der Waals surface area contributed by atoms with Crippen LogP contribution in [-0.4, -0.2) is 27.9 Å². The molecule has 0 aliphatic carbocycles. The highest BCUT2D eigenvalue weighted by Crippen LogP contribution is 2.45. The smallest absolute Gasteiger partial charge is 0.301 e. The summed E-state index contributed by atoms with van der Waals surface area (Å²) < 4.78 is 12.8. The number of carbonyl (C=O) groups excluding carboxylic acids is 2. The Labute approximate surface area is 246 Å². The van der Waals surface area contributed by atoms with Crippen molar-refractivity contribution in [3.8, 4) is 17.2 Å². The Hall–Kier alpha value is -4.95. The molecule has 1 aromatic heterocycles. The fraction of sp³-hybridized carbons (Fsp3) is 0.147. The Morgan fingerprint density at radius 2 is 1.79 bits per heavy atom. The van der Waals surface area contributed by atoms with Crippen molar-refractivity contribution in [3.63, 3.8) is 0 Å². The molecular formula is C34H26N2O5S. The third-order valence-electron chi connectivity index (χ3n) is 7.51. The third-order valence-corrected chi connectivity index (χ3v) is 8.52. The first-order valence-corrected chi connectivity index (χ1v) is 14.5. The number of aliphatic hydroxyl groups is 1. The molecule has 0 saturated carbocycles. The van der Waals surface area contributed by atoms with Crippen molar-refractivity contribution in [2.75, 3.05) is 4.90 Å². The first-order chi connectivity index (χ1) is 20.4. The fourth-order valence-corrected chi connectivity index (χ4v) is 6.66. The molecule has 42 heavy (non-hydrogen) atoms. The maximum absolute atomic E-state index is 13.7. The van der Waals surface area contributed by atoms with Gasteiger partial charge in [0.25, 0.3) is 5.78 Å². The molecule has 1 amide bonds. The summed E-state index contributed by atoms with van der Waals surface area (Å²) in [4.78, 5) is 33.6. The number of thiazole rings is 1. The van der Waals surface area contributed by atoms with E-state index in [0.717, 1.165) is 27.1 Å². The monoisotopic (exact) mass is 574 g/mol. The second kappa shape index (κ2) is 10.2. The standard InChI is InChI=1S/C34H26N2O5S/c1-19-11-13-26-28(15-19)42-34(35-26)36-30(21-7-6-10-25(18-21)41-24-8-4-3-5-9-24)29(32(38)33(36)39)31(37)22-12-14-27-23(17-22)16-20(2)40-27/h3-15,17-18,20,30,37H,16H2,1-2H3. The van der Waals surface area contributed by atoms with E-state index in [1.807, 2.05) is 86.6 Å². The van der Waals surface area contributed by atoms with Gasteiger partial charge in [0, 0.05) is 12.0 Å². The number of ketones is 1. The van der Waals surface area contributed by atoms with Crippen molar-refractivity contribution in [1.82, 2.24) is 4.98 Å². The van der Waals surface area contributed by atoms with Crippen molar-refractivity contribution in [1.29, 1.82) is 0 Å². The quantitative estimate of drug-likeness (QED) is 0.134. The highest BCUT2D eigenvalue weighted by Gasteiger charge is 2.48. The van der Waals surface area contributed by atoms with E-state index in [1.165, 1.54) is 16.2 Å². The predicted octanol–water partition coefficient (Wildman–Crippen LogP) is 7.35. The van der Waals surface area contributed by atoms with E-state index < -0.39 is 17.7 Å². The van der Waals surface area contributed by atoms with Gasteiger partial charge in [-0.2, -0.15) is 0 Å². The van der Waals surface area contributed by atoms with Crippen molar-refractivity contribution in [3.05, 3.63) is 119 Å². The van der Waals surface area contributed by atoms with Gasteiger partial charge in [-0.25, -0.2) is 4.98 Å². The van der Waals surface area contributed by atoms with E-state index >= 15 is 0 Å². The predicted molar refractivity (Wildman–Crippen MR) is 162 cm³/mol. The molecule has 208 valence electrons. The first kappa shape index (κ1) is 26.0. The van der Waals surface area contributed by atoms with E-state index in [-0.39, 0.29) is 17.4 Å². The summed E-state index contributed by atoms with van der Waals surface area (Å²) in [5, 5.41) is 12.1. The van der Waals surface area contributed by atoms with Gasteiger partial charge < -0.3 is 14.6 Å². The summed E-state index contributed by atoms with van der Waals surface area (Å²) in [6, 6.07) is 26.9. The number of carbonyl (C=O) groups is 2. The van der Waals surface area contributed by atoms with Crippen LogP contribution in [0.5, 0.6) is 17.2 Å². The van der Waals surface area contributed by atoms with Gasteiger partial charge in [-0.1, -0.05) is 47.7 Å². The molecule has 3 heterocycles. The van der Waals surface area contributed by atoms with E-state index in [0.29, 0.717) is 34.2 Å². The zero-order chi connectivity index (χ0) is 29.0. The average molecular weight is 575 g/mol. The number of aliphatic hydroxyl groups excluding tert-OH is 1. The van der Waals surface area contributed by atoms with Crippen LogP contribution in [-0.2, 0) is 16.0 Å². The topological polar surface area (TPSA) is 89.0 Å². The van der Waals surface area contributed by atoms with Crippen LogP contribution < -0.4 is 14.4 Å². The molecule has 2 aliphatic heterocycles. The molecule has 0 bridgehead atoms. The Balaban J connectivity index is 1.38. The highest BCUT2D eigenvalue weighted by molar-refractivity contribution is 7.22. The van der Waals surface area contributed by atoms with Gasteiger partial charge in [0.05, 0.1) is 21.8 Å². The van der Waals surface area contributed by atoms with Crippen LogP contribution in [0.1, 0.15) is 35.2 Å². The Bertz CT molecular complexity index is 1910. The molecule has 1 saturated heterocycles. The Morgan fingerprint density at radius 3 is 2.62 bits per heavy atom. The number of anilines is 1. The Morgan fingerprint density at radius 1 is 0.976 bits per heavy atom. The van der Waals surface area contributed by atoms with Gasteiger partial charge in [-0.05, 0) is 85.1 Å². The highest BCUT2D eigenvalue weighted by atomic mass is 32.1. The summed E-state index contributed by atoms with van der Waals surface area (Å²) in [7, 11) is 0. The number of amides is 1. The first-order valence-electron chi connectivity index (χ1n) is 13.7. The van der Waals surface area contributed by atoms with Crippen LogP contribution in [0.4, 0.5) is 5.13 Å². The van der Waals surface area contributed by atoms with Crippen molar-refractivity contribution < 1.29 is 24.2 Å². The number of aromatic nitrogens is 1. The minimum absolute atomic E-state index is 0.000730. The van der Waals surface area contributed by atoms with Crippen molar-refractivity contribution >= 4 is 44.1 Å². The molecule has 2 atom stereocenters. The zero-order valence-corrected chi connectivity index (χ0v) is 23.7. The Kier molecular flexibility index (Phi) is 6.28. The lowest BCUT2D eigenvalue weighted by Gasteiger charge is -2.23. The van der Waals surface area contributed by atoms with Gasteiger partial charge >= 0.3 is 5.91 Å². The molecular weight excluding hydrogens is 548 g/mol. The molecule has 2 aliphatic rings. The summed E-state index contributed by atoms with van der Waals surface area (Å²) in [5.41, 5.74) is 3.80. The summed E-state index contributed by atoms with van der Waals surface area (Å²) >= 11 is 1.34. The molecule has 1 N–H and O–H groups in total. The van der Waals surface area contributed by atoms with E-state index in [1.54, 1.807) is 18.2 Å². The minimum atomic E-state index is -0.922. The third kappa shape index (κ3) is 4.50. The van der Waals surface area contributed by atoms with Gasteiger partial charge in [0.2, 0.25) is 0 Å². The fourth-order valence-electron chi connectivity index (χ4n) is 5.57. The second-order valence-corrected chi connectivity index (χ2v) is 11.6. The number of para-hydroxylation sites is 1. The largest absolute Gasteiger partial charge is 0.507 e. The second-order valence-electron chi connectivity index (χ2n) is 10.6. The number of rotatable bonds is 5. The number of benzene rings is 4. The summed E-state index contributed by atoms with van der Waals surface area (Å²) in [6.07, 6.45) is 0.719. The lowest BCUT2D eigenvalue weighted by atomic mass is 9.94. The molecule has 7 nitrogen and oxygen atoms in total. The molecule has 1 fully saturated rings. The number of fused-ring (bicyclic) bond motifs is 2. The zero-order valence-electron chi connectivity index (χ0n) is 22.9. The minimum Gasteiger partial charge on any atom is -0.507 e. The maximum Gasteiger partial charge on any atom is 0.301 e. The number of aryl methyl sites for hydroxylation is 1. The van der Waals surface area contributed by atoms with E-state index in [2.05, 4.69) is 0 Å². The molecule has 0 radical (unpaired) electrons. The number of hydrogen-bond acceptors (Lipinski definition) is 7. The molecule has 0 spiro atoms. The van der Waals surface area contributed by atoms with Crippen molar-refractivity contribution in [2.24, 2.45) is 0 Å². The SMILES string of the molecule is Cc1ccc2nc(N3C(=O)C(=O)C(=C(O)c4ccc5c(c4)CC(C)O5)C3c3cccc(Oc4ccccc4)c3)sc2c1. The molecule has 2 unspecified atom stereocenters. The van der Waals surface area contributed by atoms with Gasteiger partial charge in [-0.3, -0.25) is 14.5 Å². The van der Waals surface area contributed by atoms with Crippen LogP contribution in [0.15, 0.2) is 96.6 Å². The van der Waals surface area contributed by atoms with Gasteiger partial charge in [0.1, 0.15) is 29.1 Å². The molecule has 7 rings (SSSR count). The summed E-state index contributed by atoms with van der Waals surface area (Å²) in [6.45, 7) is 3.97. The lowest BCUT2D eigenvalue weighted by Crippen LogP contribution is -2.29. The van der Waals surface area contributed by atoms with Crippen LogP contribution >= 0.6 is 11.3 Å². The van der Waals surface area contributed by atoms with Crippen LogP contribution in [0.2, 0.25) is 0 Å². The van der Waals surface area contributed by atoms with E-state index in [9.17, 15) is 14.7 Å². The molecule has 8 heteroatoms. The van der Waals surface area contributed by atoms with Gasteiger partial charge in [-0.15, -0.1) is 0 Å². The van der Waals surface area contributed by atoms with Crippen LogP contribution in [0, 0.1) is 6.92 Å². The number of hydrogen-bond donors (Lipinski definition) is 1. The van der Waals surface area contributed by atoms with Crippen molar-refractivity contribution in [2.45, 2.75) is 32.4 Å². The van der Waals surface area contributed by atoms with Crippen LogP contribution in [0.3, 0.4) is 0 Å².